The number of nitrogens with one attached hydrogen (secondary N) is 2. The summed E-state index contributed by atoms with van der Waals surface area (Å²) in [6, 6.07) is 20.1. The Bertz CT molecular complexity index is 1990. The predicted molar refractivity (Wildman–Crippen MR) is 217 cm³/mol. The molecule has 0 radical (unpaired) electrons. The first kappa shape index (κ1) is 36.9. The van der Waals surface area contributed by atoms with Crippen LogP contribution in [0.1, 0.15) is 70.9 Å². The molecule has 5 fully saturated rings. The van der Waals surface area contributed by atoms with Crippen molar-refractivity contribution >= 4 is 40.4 Å². The summed E-state index contributed by atoms with van der Waals surface area (Å²) in [5, 5.41) is 6.66. The van der Waals surface area contributed by atoms with Crippen molar-refractivity contribution in [3.63, 3.8) is 0 Å². The Morgan fingerprint density at radius 3 is 2.21 bits per heavy atom. The second-order valence-electron chi connectivity index (χ2n) is 17.9. The number of aromatic nitrogens is 4. The molecule has 9 rings (SSSR count). The summed E-state index contributed by atoms with van der Waals surface area (Å²) in [5.74, 6) is 0.757. The minimum Gasteiger partial charge on any atom is -0.444 e. The van der Waals surface area contributed by atoms with E-state index in [0.29, 0.717) is 29.7 Å². The Morgan fingerprint density at radius 2 is 1.52 bits per heavy atom. The fourth-order valence-electron chi connectivity index (χ4n) is 9.57. The van der Waals surface area contributed by atoms with Gasteiger partial charge in [0, 0.05) is 74.8 Å². The number of nitrogens with zero attached hydrogens (tertiary/aromatic N) is 8. The number of likely N-dealkylation sites (tertiary alicyclic amines) is 2. The topological polar surface area (TPSA) is 124 Å². The third kappa shape index (κ3) is 7.80. The van der Waals surface area contributed by atoms with Crippen molar-refractivity contribution in [1.82, 2.24) is 39.5 Å². The maximum Gasteiger partial charge on any atom is 0.410 e. The molecule has 3 aliphatic heterocycles. The molecule has 0 unspecified atom stereocenters. The van der Waals surface area contributed by atoms with Gasteiger partial charge in [-0.25, -0.2) is 19.7 Å². The average molecular weight is 761 g/mol. The largest absolute Gasteiger partial charge is 0.444 e. The number of carbonyl (C=O) groups excluding carboxylic acids is 2. The summed E-state index contributed by atoms with van der Waals surface area (Å²) in [7, 11) is 0. The lowest BCUT2D eigenvalue weighted by molar-refractivity contribution is -0.121. The highest BCUT2D eigenvalue weighted by Crippen LogP contribution is 2.51. The van der Waals surface area contributed by atoms with E-state index in [1.54, 1.807) is 6.33 Å². The molecule has 3 saturated heterocycles. The van der Waals surface area contributed by atoms with Crippen LogP contribution in [0.3, 0.4) is 0 Å². The Morgan fingerprint density at radius 1 is 0.821 bits per heavy atom. The van der Waals surface area contributed by atoms with Crippen LogP contribution in [0.25, 0.3) is 11.2 Å². The number of fused-ring (bicyclic) bond motifs is 1. The molecule has 2 saturated carbocycles. The molecule has 2 aromatic heterocycles. The van der Waals surface area contributed by atoms with Crippen molar-refractivity contribution in [3.8, 4) is 0 Å². The molecule has 0 atom stereocenters. The number of piperazine rings is 1. The highest BCUT2D eigenvalue weighted by atomic mass is 16.6. The van der Waals surface area contributed by atoms with Gasteiger partial charge in [-0.15, -0.1) is 0 Å². The van der Waals surface area contributed by atoms with Crippen LogP contribution in [0.4, 0.5) is 22.0 Å². The quantitative estimate of drug-likeness (QED) is 0.222. The summed E-state index contributed by atoms with van der Waals surface area (Å²) in [4.78, 5) is 48.4. The van der Waals surface area contributed by atoms with Crippen molar-refractivity contribution < 1.29 is 14.3 Å². The fraction of sp³-hybridized carbons (Fsp3) is 0.558. The number of benzene rings is 2. The van der Waals surface area contributed by atoms with Gasteiger partial charge in [-0.2, -0.15) is 0 Å². The lowest BCUT2D eigenvalue weighted by Crippen LogP contribution is -2.65. The first-order chi connectivity index (χ1) is 27.1. The molecule has 1 spiro atoms. The molecular weight excluding hydrogens is 705 g/mol. The van der Waals surface area contributed by atoms with Gasteiger partial charge in [0.15, 0.2) is 17.0 Å². The first-order valence-electron chi connectivity index (χ1n) is 20.7. The number of imidazole rings is 1. The maximum absolute atomic E-state index is 12.5. The molecule has 0 bridgehead atoms. The van der Waals surface area contributed by atoms with Gasteiger partial charge in [-0.1, -0.05) is 30.3 Å². The molecule has 56 heavy (non-hydrogen) atoms. The van der Waals surface area contributed by atoms with Gasteiger partial charge in [0.05, 0.1) is 12.7 Å². The Kier molecular flexibility index (Phi) is 9.85. The zero-order chi connectivity index (χ0) is 38.4. The van der Waals surface area contributed by atoms with E-state index in [1.165, 1.54) is 31.4 Å². The normalized spacial score (nSPS) is 23.3. The monoisotopic (exact) mass is 760 g/mol. The van der Waals surface area contributed by atoms with E-state index in [9.17, 15) is 9.59 Å². The smallest absolute Gasteiger partial charge is 0.410 e. The van der Waals surface area contributed by atoms with Crippen molar-refractivity contribution in [2.75, 3.05) is 62.6 Å². The molecular formula is C43H56N10O3. The molecule has 2 amide bonds. The number of carbonyl (C=O) groups is 2. The maximum atomic E-state index is 12.5. The summed E-state index contributed by atoms with van der Waals surface area (Å²) in [6.45, 7) is 14.0. The zero-order valence-electron chi connectivity index (χ0n) is 33.1. The summed E-state index contributed by atoms with van der Waals surface area (Å²) in [5.41, 5.74) is 4.88. The van der Waals surface area contributed by atoms with Gasteiger partial charge < -0.3 is 29.7 Å². The summed E-state index contributed by atoms with van der Waals surface area (Å²) < 4.78 is 7.67. The van der Waals surface area contributed by atoms with Crippen molar-refractivity contribution in [1.29, 1.82) is 0 Å². The van der Waals surface area contributed by atoms with Crippen molar-refractivity contribution in [2.24, 2.45) is 5.41 Å². The standard InChI is InChI=1S/C43H56N10O3/c1-42(2,3)56-41(55)52-26-36(27-52)49-15-13-43(14-16-49)24-35(25-43)51-19-17-50(18-20-51)33-11-9-31(10-12-33)48-39-38-40(45-28-44-39)53(29-46-38)34-22-32(23-34)47-37(54)21-30-7-5-4-6-8-30/h4-12,28-29,32,34-36H,13-27H2,1-3H3,(H,47,54)(H,44,45,48). The van der Waals surface area contributed by atoms with Crippen LogP contribution < -0.4 is 15.5 Å². The van der Waals surface area contributed by atoms with E-state index in [-0.39, 0.29) is 24.1 Å². The minimum atomic E-state index is -0.438. The van der Waals surface area contributed by atoms with Crippen LogP contribution >= 0.6 is 0 Å². The lowest BCUT2D eigenvalue weighted by atomic mass is 9.59. The van der Waals surface area contributed by atoms with E-state index in [4.69, 9.17) is 9.72 Å². The molecule has 5 aliphatic rings. The third-order valence-corrected chi connectivity index (χ3v) is 13.0. The van der Waals surface area contributed by atoms with Crippen LogP contribution in [0.5, 0.6) is 0 Å². The van der Waals surface area contributed by atoms with Gasteiger partial charge in [-0.3, -0.25) is 14.6 Å². The van der Waals surface area contributed by atoms with Crippen LogP contribution in [0, 0.1) is 5.41 Å². The molecule has 2 aliphatic carbocycles. The second-order valence-corrected chi connectivity index (χ2v) is 17.9. The first-order valence-corrected chi connectivity index (χ1v) is 20.7. The number of rotatable bonds is 9. The fourth-order valence-corrected chi connectivity index (χ4v) is 9.57. The molecule has 13 heteroatoms. The van der Waals surface area contributed by atoms with Crippen LogP contribution in [0.15, 0.2) is 67.3 Å². The van der Waals surface area contributed by atoms with Gasteiger partial charge in [0.25, 0.3) is 0 Å². The van der Waals surface area contributed by atoms with E-state index in [0.717, 1.165) is 87.6 Å². The molecule has 13 nitrogen and oxygen atoms in total. The summed E-state index contributed by atoms with van der Waals surface area (Å²) >= 11 is 0. The van der Waals surface area contributed by atoms with Crippen LogP contribution in [0.2, 0.25) is 0 Å². The number of ether oxygens (including phenoxy) is 1. The van der Waals surface area contributed by atoms with Gasteiger partial charge in [0.1, 0.15) is 11.9 Å². The second kappa shape index (κ2) is 15.0. The molecule has 2 N–H and O–H groups in total. The number of hydrogen-bond donors (Lipinski definition) is 2. The molecule has 4 aromatic rings. The minimum absolute atomic E-state index is 0.0630. The molecule has 296 valence electrons. The van der Waals surface area contributed by atoms with Crippen LogP contribution in [-0.4, -0.2) is 122 Å². The summed E-state index contributed by atoms with van der Waals surface area (Å²) in [6.07, 6.45) is 10.6. The van der Waals surface area contributed by atoms with Crippen molar-refractivity contribution in [3.05, 3.63) is 72.8 Å². The third-order valence-electron chi connectivity index (χ3n) is 13.0. The van der Waals surface area contributed by atoms with E-state index in [2.05, 4.69) is 64.1 Å². The van der Waals surface area contributed by atoms with Gasteiger partial charge in [-0.05, 0) is 108 Å². The Labute approximate surface area is 329 Å². The lowest BCUT2D eigenvalue weighted by Gasteiger charge is -2.58. The number of piperidine rings is 1. The Hall–Kier alpha value is -4.75. The highest BCUT2D eigenvalue weighted by Gasteiger charge is 2.49. The zero-order valence-corrected chi connectivity index (χ0v) is 33.1. The SMILES string of the molecule is CC(C)(C)OC(=O)N1CC(N2CCC3(CC2)CC(N2CCN(c4ccc(Nc5ncnc6c5ncn6C5CC(NC(=O)Cc6ccccc6)C5)cc4)CC2)C3)C1. The number of amides is 2. The average Bonchev–Trinajstić information content (AvgIpc) is 3.56. The number of hydrogen-bond acceptors (Lipinski definition) is 10. The van der Waals surface area contributed by atoms with E-state index < -0.39 is 5.60 Å². The van der Waals surface area contributed by atoms with Gasteiger partial charge in [0.2, 0.25) is 5.91 Å². The molecule has 2 aromatic carbocycles. The van der Waals surface area contributed by atoms with Crippen molar-refractivity contribution in [2.45, 2.75) is 95.5 Å². The molecule has 5 heterocycles. The van der Waals surface area contributed by atoms with Crippen LogP contribution in [-0.2, 0) is 16.0 Å². The Balaban J connectivity index is 0.706. The predicted octanol–water partition coefficient (Wildman–Crippen LogP) is 5.62. The van der Waals surface area contributed by atoms with E-state index in [1.807, 2.05) is 62.3 Å². The van der Waals surface area contributed by atoms with Gasteiger partial charge >= 0.3 is 6.09 Å². The van der Waals surface area contributed by atoms with E-state index >= 15 is 0 Å². The number of anilines is 3. The highest BCUT2D eigenvalue weighted by molar-refractivity contribution is 5.85.